The number of imide groups is 1. The Labute approximate surface area is 163 Å². The molecule has 1 aliphatic rings. The Morgan fingerprint density at radius 3 is 2.61 bits per heavy atom. The van der Waals surface area contributed by atoms with Crippen LogP contribution in [-0.2, 0) is 4.79 Å². The Morgan fingerprint density at radius 2 is 1.96 bits per heavy atom. The molecule has 9 heteroatoms. The number of rotatable bonds is 3. The zero-order chi connectivity index (χ0) is 15.7. The number of halogens is 2. The summed E-state index contributed by atoms with van der Waals surface area (Å²) in [4.78, 5) is 22.2. The van der Waals surface area contributed by atoms with Gasteiger partial charge in [-0.05, 0) is 30.3 Å². The van der Waals surface area contributed by atoms with Crippen molar-refractivity contribution in [3.63, 3.8) is 0 Å². The summed E-state index contributed by atoms with van der Waals surface area (Å²) in [6.07, 6.45) is 1.34. The molecule has 1 aromatic carbocycles. The molecule has 2 aromatic rings. The molecule has 0 bridgehead atoms. The van der Waals surface area contributed by atoms with E-state index in [0.29, 0.717) is 21.6 Å². The number of benzene rings is 1. The second-order valence-corrected chi connectivity index (χ2v) is 5.24. The maximum atomic E-state index is 11.3. The first kappa shape index (κ1) is 18.0. The summed E-state index contributed by atoms with van der Waals surface area (Å²) in [5.74, 6) is 0.486. The summed E-state index contributed by atoms with van der Waals surface area (Å²) in [5, 5.41) is 8.94. The largest absolute Gasteiger partial charge is 1.00 e. The molecule has 1 aromatic heterocycles. The summed E-state index contributed by atoms with van der Waals surface area (Å²) in [6.45, 7) is -0.157. The monoisotopic (exact) mass is 359 g/mol. The number of hydrogen-bond acceptors (Lipinski definition) is 4. The van der Waals surface area contributed by atoms with Crippen LogP contribution in [0.5, 0.6) is 0 Å². The molecular weight excluding hydrogens is 352 g/mol. The normalized spacial score (nSPS) is 14.3. The molecule has 112 valence electrons. The van der Waals surface area contributed by atoms with Crippen molar-refractivity contribution < 1.29 is 43.6 Å². The van der Waals surface area contributed by atoms with Gasteiger partial charge in [0.1, 0.15) is 11.5 Å². The molecule has 1 saturated heterocycles. The van der Waals surface area contributed by atoms with E-state index in [1.165, 1.54) is 6.21 Å². The van der Waals surface area contributed by atoms with Gasteiger partial charge in [0.05, 0.1) is 16.3 Å². The quantitative estimate of drug-likeness (QED) is 0.464. The maximum absolute atomic E-state index is 11.3. The van der Waals surface area contributed by atoms with Crippen LogP contribution in [0.1, 0.15) is 5.76 Å². The van der Waals surface area contributed by atoms with Gasteiger partial charge in [-0.15, -0.1) is 0 Å². The molecule has 0 atom stereocenters. The van der Waals surface area contributed by atoms with E-state index in [0.717, 1.165) is 10.6 Å². The van der Waals surface area contributed by atoms with Crippen molar-refractivity contribution in [2.24, 2.45) is 5.10 Å². The van der Waals surface area contributed by atoms with Crippen molar-refractivity contribution in [1.29, 1.82) is 0 Å². The van der Waals surface area contributed by atoms with Gasteiger partial charge in [0, 0.05) is 12.1 Å². The maximum Gasteiger partial charge on any atom is 1.00 e. The average Bonchev–Trinajstić information content (AvgIpc) is 3.06. The molecule has 1 fully saturated rings. The van der Waals surface area contributed by atoms with Crippen LogP contribution >= 0.6 is 23.2 Å². The Balaban J connectivity index is 0.00000192. The number of furan rings is 1. The second kappa shape index (κ2) is 7.51. The van der Waals surface area contributed by atoms with Gasteiger partial charge >= 0.3 is 29.6 Å². The van der Waals surface area contributed by atoms with Gasteiger partial charge in [0.15, 0.2) is 11.9 Å². The van der Waals surface area contributed by atoms with E-state index in [9.17, 15) is 9.59 Å². The Hall–Kier alpha value is -1.31. The van der Waals surface area contributed by atoms with Crippen molar-refractivity contribution in [1.82, 2.24) is 5.01 Å². The van der Waals surface area contributed by atoms with Crippen molar-refractivity contribution in [2.45, 2.75) is 0 Å². The third kappa shape index (κ3) is 4.16. The van der Waals surface area contributed by atoms with Gasteiger partial charge in [0.2, 0.25) is 0 Å². The fourth-order valence-corrected chi connectivity index (χ4v) is 2.14. The summed E-state index contributed by atoms with van der Waals surface area (Å²) in [5.41, 5.74) is 0.761. The molecule has 0 aliphatic carbocycles. The predicted octanol–water partition coefficient (Wildman–Crippen LogP) is 0.927. The van der Waals surface area contributed by atoms with E-state index in [-0.39, 0.29) is 36.1 Å². The Morgan fingerprint density at radius 1 is 1.17 bits per heavy atom. The molecule has 2 heterocycles. The van der Waals surface area contributed by atoms with Gasteiger partial charge in [0.25, 0.3) is 0 Å². The van der Waals surface area contributed by atoms with Crippen LogP contribution in [0.25, 0.3) is 16.6 Å². The standard InChI is InChI=1S/C14H9Cl2N3O3.Na/c15-10-3-1-8(5-11(10)16)12-4-2-9(22-12)6-17-19-7-13(20)18-14(19)21;/h1-6H,7H2,(H,18,20,21);/q;+1/p-1/b17-6+;. The van der Waals surface area contributed by atoms with Crippen molar-refractivity contribution in [3.05, 3.63) is 51.5 Å². The number of nitrogens with zero attached hydrogens (tertiary/aromatic N) is 3. The van der Waals surface area contributed by atoms with Crippen molar-refractivity contribution in [2.75, 3.05) is 6.54 Å². The average molecular weight is 360 g/mol. The summed E-state index contributed by atoms with van der Waals surface area (Å²) in [7, 11) is 0. The van der Waals surface area contributed by atoms with Crippen LogP contribution in [0.2, 0.25) is 10.0 Å². The van der Waals surface area contributed by atoms with E-state index >= 15 is 0 Å². The summed E-state index contributed by atoms with van der Waals surface area (Å²) < 4.78 is 5.58. The number of amides is 3. The minimum atomic E-state index is -0.683. The number of hydrazone groups is 1. The van der Waals surface area contributed by atoms with Crippen molar-refractivity contribution >= 4 is 41.4 Å². The third-order valence-electron chi connectivity index (χ3n) is 2.88. The Bertz CT molecular complexity index is 791. The molecule has 0 unspecified atom stereocenters. The molecule has 3 amide bonds. The first-order valence-electron chi connectivity index (χ1n) is 6.18. The smallest absolute Gasteiger partial charge is 0.455 e. The van der Waals surface area contributed by atoms with Crippen LogP contribution < -0.4 is 29.6 Å². The zero-order valence-corrected chi connectivity index (χ0v) is 15.5. The van der Waals surface area contributed by atoms with E-state index in [2.05, 4.69) is 10.4 Å². The zero-order valence-electron chi connectivity index (χ0n) is 12.0. The van der Waals surface area contributed by atoms with Gasteiger partial charge in [-0.1, -0.05) is 23.2 Å². The van der Waals surface area contributed by atoms with Crippen LogP contribution in [-0.4, -0.2) is 29.7 Å². The van der Waals surface area contributed by atoms with Gasteiger partial charge in [-0.2, -0.15) is 0 Å². The van der Waals surface area contributed by atoms with E-state index in [1.54, 1.807) is 30.3 Å². The van der Waals surface area contributed by atoms with Crippen molar-refractivity contribution in [3.8, 4) is 11.3 Å². The molecular formula is C14H8Cl2N3NaO3. The molecule has 0 N–H and O–H groups in total. The van der Waals surface area contributed by atoms with Gasteiger partial charge < -0.3 is 14.7 Å². The summed E-state index contributed by atoms with van der Waals surface area (Å²) >= 11 is 11.8. The SMILES string of the molecule is O=C1CN(/N=C/c2ccc(-c3ccc(Cl)c(Cl)c3)o2)C(=O)[N-]1.[Na+]. The van der Waals surface area contributed by atoms with E-state index in [1.807, 2.05) is 0 Å². The summed E-state index contributed by atoms with van der Waals surface area (Å²) in [6, 6.07) is 7.87. The van der Waals surface area contributed by atoms with Gasteiger partial charge in [-0.3, -0.25) is 14.7 Å². The molecule has 0 spiro atoms. The third-order valence-corrected chi connectivity index (χ3v) is 3.62. The van der Waals surface area contributed by atoms with Crippen LogP contribution in [0.15, 0.2) is 39.9 Å². The number of carbonyl (C=O) groups excluding carboxylic acids is 2. The van der Waals surface area contributed by atoms with Gasteiger partial charge in [-0.25, -0.2) is 0 Å². The molecule has 1 aliphatic heterocycles. The minimum absolute atomic E-state index is 0. The molecule has 0 radical (unpaired) electrons. The first-order valence-corrected chi connectivity index (χ1v) is 6.94. The molecule has 6 nitrogen and oxygen atoms in total. The fourth-order valence-electron chi connectivity index (χ4n) is 1.84. The van der Waals surface area contributed by atoms with E-state index in [4.69, 9.17) is 27.6 Å². The predicted molar refractivity (Wildman–Crippen MR) is 82.2 cm³/mol. The van der Waals surface area contributed by atoms with Crippen LogP contribution in [0.3, 0.4) is 0 Å². The molecule has 23 heavy (non-hydrogen) atoms. The number of urea groups is 1. The topological polar surface area (TPSA) is 77.0 Å². The number of hydrogen-bond donors (Lipinski definition) is 0. The van der Waals surface area contributed by atoms with Crippen LogP contribution in [0, 0.1) is 0 Å². The number of carbonyl (C=O) groups is 2. The minimum Gasteiger partial charge on any atom is -0.455 e. The first-order chi connectivity index (χ1) is 10.5. The fraction of sp³-hybridized carbons (Fsp3) is 0.0714. The Kier molecular flexibility index (Phi) is 5.89. The van der Waals surface area contributed by atoms with Crippen LogP contribution in [0.4, 0.5) is 4.79 Å². The van der Waals surface area contributed by atoms with E-state index < -0.39 is 11.9 Å². The molecule has 3 rings (SSSR count). The second-order valence-electron chi connectivity index (χ2n) is 4.42. The molecule has 0 saturated carbocycles.